The zero-order valence-electron chi connectivity index (χ0n) is 19.5. The largest absolute Gasteiger partial charge is 0.397 e. The number of nitrogens with one attached hydrogen (secondary N) is 2. The fraction of sp³-hybridized carbons (Fsp3) is 0.458. The van der Waals surface area contributed by atoms with Gasteiger partial charge >= 0.3 is 6.18 Å². The molecule has 0 radical (unpaired) electrons. The average molecular weight is 501 g/mol. The molecule has 0 spiro atoms. The summed E-state index contributed by atoms with van der Waals surface area (Å²) in [6, 6.07) is 9.64. The minimum atomic E-state index is -4.38. The second-order valence-electron chi connectivity index (χ2n) is 9.72. The first-order chi connectivity index (χ1) is 15.5. The van der Waals surface area contributed by atoms with Crippen LogP contribution in [-0.2, 0) is 25.6 Å². The van der Waals surface area contributed by atoms with Gasteiger partial charge in [-0.15, -0.1) is 0 Å². The Morgan fingerprint density at radius 2 is 1.71 bits per heavy atom. The third-order valence-corrected chi connectivity index (χ3v) is 7.27. The van der Waals surface area contributed by atoms with E-state index in [2.05, 4.69) is 10.0 Å². The Bertz CT molecular complexity index is 1190. The molecule has 1 fully saturated rings. The van der Waals surface area contributed by atoms with Crippen molar-refractivity contribution < 1.29 is 30.8 Å². The average Bonchev–Trinajstić information content (AvgIpc) is 3.41. The zero-order valence-corrected chi connectivity index (χ0v) is 20.4. The number of hydrogen-bond donors (Lipinski definition) is 2. The van der Waals surface area contributed by atoms with Crippen molar-refractivity contribution >= 4 is 21.6 Å². The third-order valence-electron chi connectivity index (χ3n) is 6.68. The molecule has 186 valence electrons. The molecule has 0 aliphatic heterocycles. The van der Waals surface area contributed by atoms with E-state index >= 15 is 0 Å². The van der Waals surface area contributed by atoms with Crippen LogP contribution < -0.4 is 10.0 Å². The highest BCUT2D eigenvalue weighted by Crippen LogP contribution is 2.54. The smallest absolute Gasteiger partial charge is 0.349 e. The minimum absolute atomic E-state index is 0.151. The molecule has 3 atom stereocenters. The molecule has 1 amide bonds. The summed E-state index contributed by atoms with van der Waals surface area (Å²) in [5.41, 5.74) is -1.27. The molecule has 2 N–H and O–H groups in total. The second kappa shape index (κ2) is 8.55. The standard InChI is InChI=1S/C24H28F4N2O3S/c1-14(15-6-11-20(19(25)12-15)30-34(5,32)33)29-21(31)18-13-23(18,4)17-9-7-16(8-10-17)22(2,3)24(26,27)28/h6-12,14,18,30H,13H2,1-5H3,(H,29,31). The van der Waals surface area contributed by atoms with E-state index in [1.165, 1.54) is 24.3 Å². The number of carbonyl (C=O) groups is 1. The Morgan fingerprint density at radius 1 is 1.12 bits per heavy atom. The van der Waals surface area contributed by atoms with Crippen LogP contribution in [-0.4, -0.2) is 26.8 Å². The van der Waals surface area contributed by atoms with Crippen molar-refractivity contribution in [3.8, 4) is 0 Å². The van der Waals surface area contributed by atoms with E-state index in [4.69, 9.17) is 0 Å². The van der Waals surface area contributed by atoms with E-state index < -0.39 is 38.9 Å². The first kappa shape index (κ1) is 26.0. The second-order valence-corrected chi connectivity index (χ2v) is 11.5. The monoisotopic (exact) mass is 500 g/mol. The predicted molar refractivity (Wildman–Crippen MR) is 122 cm³/mol. The van der Waals surface area contributed by atoms with Gasteiger partial charge in [0.1, 0.15) is 5.82 Å². The lowest BCUT2D eigenvalue weighted by Crippen LogP contribution is -2.36. The summed E-state index contributed by atoms with van der Waals surface area (Å²) in [5.74, 6) is -1.37. The molecule has 0 saturated heterocycles. The van der Waals surface area contributed by atoms with Gasteiger partial charge in [-0.1, -0.05) is 37.3 Å². The highest BCUT2D eigenvalue weighted by molar-refractivity contribution is 7.92. The van der Waals surface area contributed by atoms with Crippen LogP contribution in [0.1, 0.15) is 56.8 Å². The van der Waals surface area contributed by atoms with Gasteiger partial charge in [0.15, 0.2) is 0 Å². The lowest BCUT2D eigenvalue weighted by atomic mass is 9.82. The number of amides is 1. The fourth-order valence-electron chi connectivity index (χ4n) is 3.98. The Labute approximate surface area is 197 Å². The Morgan fingerprint density at radius 3 is 2.21 bits per heavy atom. The van der Waals surface area contributed by atoms with Gasteiger partial charge in [-0.25, -0.2) is 12.8 Å². The van der Waals surface area contributed by atoms with Gasteiger partial charge in [0.25, 0.3) is 0 Å². The summed E-state index contributed by atoms with van der Waals surface area (Å²) in [4.78, 5) is 12.8. The first-order valence-corrected chi connectivity index (χ1v) is 12.6. The molecule has 2 aromatic carbocycles. The van der Waals surface area contributed by atoms with Gasteiger partial charge in [-0.05, 0) is 56.0 Å². The summed E-state index contributed by atoms with van der Waals surface area (Å²) in [5, 5.41) is 2.84. The van der Waals surface area contributed by atoms with E-state index in [1.54, 1.807) is 19.1 Å². The van der Waals surface area contributed by atoms with Crippen molar-refractivity contribution in [2.45, 2.75) is 57.2 Å². The number of alkyl halides is 3. The minimum Gasteiger partial charge on any atom is -0.349 e. The van der Waals surface area contributed by atoms with Crippen molar-refractivity contribution in [1.82, 2.24) is 5.32 Å². The Hall–Kier alpha value is -2.62. The topological polar surface area (TPSA) is 75.3 Å². The highest BCUT2D eigenvalue weighted by Gasteiger charge is 2.56. The molecule has 1 aliphatic carbocycles. The summed E-state index contributed by atoms with van der Waals surface area (Å²) in [7, 11) is -3.63. The molecule has 3 unspecified atom stereocenters. The Kier molecular flexibility index (Phi) is 6.54. The van der Waals surface area contributed by atoms with Gasteiger partial charge < -0.3 is 5.32 Å². The normalized spacial score (nSPS) is 21.6. The molecule has 0 heterocycles. The number of anilines is 1. The Balaban J connectivity index is 1.68. The molecular weight excluding hydrogens is 472 g/mol. The van der Waals surface area contributed by atoms with Crippen molar-refractivity contribution in [1.29, 1.82) is 0 Å². The molecule has 34 heavy (non-hydrogen) atoms. The predicted octanol–water partition coefficient (Wildman–Crippen LogP) is 5.19. The maximum Gasteiger partial charge on any atom is 0.397 e. The van der Waals surface area contributed by atoms with Crippen molar-refractivity contribution in [2.24, 2.45) is 5.92 Å². The summed E-state index contributed by atoms with van der Waals surface area (Å²) in [6.45, 7) is 5.83. The maximum absolute atomic E-state index is 14.3. The van der Waals surface area contributed by atoms with E-state index in [1.807, 2.05) is 6.92 Å². The van der Waals surface area contributed by atoms with E-state index in [9.17, 15) is 30.8 Å². The zero-order chi connectivity index (χ0) is 25.7. The van der Waals surface area contributed by atoms with Crippen molar-refractivity contribution in [2.75, 3.05) is 11.0 Å². The number of sulfonamides is 1. The van der Waals surface area contributed by atoms with E-state index in [0.717, 1.165) is 31.7 Å². The molecule has 1 saturated carbocycles. The quantitative estimate of drug-likeness (QED) is 0.514. The molecule has 10 heteroatoms. The van der Waals surface area contributed by atoms with E-state index in [-0.39, 0.29) is 23.1 Å². The summed E-state index contributed by atoms with van der Waals surface area (Å²) >= 11 is 0. The van der Waals surface area contributed by atoms with Gasteiger partial charge in [0.05, 0.1) is 23.4 Å². The van der Waals surface area contributed by atoms with Crippen molar-refractivity contribution in [3.05, 3.63) is 65.0 Å². The number of benzene rings is 2. The van der Waals surface area contributed by atoms with Crippen LogP contribution in [0.25, 0.3) is 0 Å². The lowest BCUT2D eigenvalue weighted by Gasteiger charge is -2.28. The number of carbonyl (C=O) groups excluding carboxylic acids is 1. The van der Waals surface area contributed by atoms with Crippen LogP contribution >= 0.6 is 0 Å². The molecule has 0 bridgehead atoms. The number of hydrogen-bond acceptors (Lipinski definition) is 3. The fourth-order valence-corrected chi connectivity index (χ4v) is 4.54. The third kappa shape index (κ3) is 5.21. The van der Waals surface area contributed by atoms with Crippen LogP contribution in [0.5, 0.6) is 0 Å². The van der Waals surface area contributed by atoms with Crippen LogP contribution in [0.4, 0.5) is 23.2 Å². The van der Waals surface area contributed by atoms with Crippen LogP contribution in [0.3, 0.4) is 0 Å². The van der Waals surface area contributed by atoms with Gasteiger partial charge in [-0.3, -0.25) is 9.52 Å². The van der Waals surface area contributed by atoms with Gasteiger partial charge in [0.2, 0.25) is 15.9 Å². The van der Waals surface area contributed by atoms with Crippen LogP contribution in [0.15, 0.2) is 42.5 Å². The molecule has 1 aliphatic rings. The molecule has 3 rings (SSSR count). The maximum atomic E-state index is 14.3. The highest BCUT2D eigenvalue weighted by atomic mass is 32.2. The van der Waals surface area contributed by atoms with Crippen LogP contribution in [0, 0.1) is 11.7 Å². The lowest BCUT2D eigenvalue weighted by molar-refractivity contribution is -0.180. The summed E-state index contributed by atoms with van der Waals surface area (Å²) < 4.78 is 78.9. The molecule has 2 aromatic rings. The van der Waals surface area contributed by atoms with E-state index in [0.29, 0.717) is 12.0 Å². The first-order valence-electron chi connectivity index (χ1n) is 10.7. The van der Waals surface area contributed by atoms with Crippen LogP contribution in [0.2, 0.25) is 0 Å². The molecule has 0 aromatic heterocycles. The van der Waals surface area contributed by atoms with Gasteiger partial charge in [-0.2, -0.15) is 13.2 Å². The van der Waals surface area contributed by atoms with Crippen molar-refractivity contribution in [3.63, 3.8) is 0 Å². The molecular formula is C24H28F4N2O3S. The number of rotatable bonds is 7. The number of halogens is 4. The summed E-state index contributed by atoms with van der Waals surface area (Å²) in [6.07, 6.45) is -2.92. The molecule has 5 nitrogen and oxygen atoms in total. The SMILES string of the molecule is CC(NC(=O)C1CC1(C)c1ccc(C(C)(C)C(F)(F)F)cc1)c1ccc(NS(C)(=O)=O)c(F)c1. The van der Waals surface area contributed by atoms with Gasteiger partial charge in [0, 0.05) is 11.3 Å².